The summed E-state index contributed by atoms with van der Waals surface area (Å²) in [7, 11) is 0. The van der Waals surface area contributed by atoms with Crippen molar-refractivity contribution in [1.82, 2.24) is 15.2 Å². The second-order valence-corrected chi connectivity index (χ2v) is 7.82. The number of guanidine groups is 1. The fourth-order valence-corrected chi connectivity index (χ4v) is 3.71. The van der Waals surface area contributed by atoms with Crippen molar-refractivity contribution < 1.29 is 14.5 Å². The minimum absolute atomic E-state index is 0.0197. The third kappa shape index (κ3) is 6.09. The molecule has 1 aromatic heterocycles. The number of carbonyl (C=O) groups excluding carboxylic acids is 2. The zero-order valence-corrected chi connectivity index (χ0v) is 18.5. The van der Waals surface area contributed by atoms with Crippen LogP contribution in [-0.4, -0.2) is 39.9 Å². The molecule has 2 aromatic carbocycles. The van der Waals surface area contributed by atoms with Crippen LogP contribution in [0.25, 0.3) is 10.9 Å². The molecule has 0 aliphatic carbocycles. The van der Waals surface area contributed by atoms with E-state index in [9.17, 15) is 19.7 Å². The van der Waals surface area contributed by atoms with Gasteiger partial charge in [0.2, 0.25) is 5.91 Å². The van der Waals surface area contributed by atoms with Crippen molar-refractivity contribution in [2.24, 2.45) is 11.5 Å². The number of amides is 2. The molecule has 2 amide bonds. The number of non-ortho nitro benzene ring substituents is 1. The quantitative estimate of drug-likeness (QED) is 0.0942. The third-order valence-electron chi connectivity index (χ3n) is 5.45. The van der Waals surface area contributed by atoms with E-state index in [2.05, 4.69) is 10.6 Å². The number of carbonyl (C=O) groups is 2. The normalized spacial score (nSPS) is 11.6. The fourth-order valence-electron chi connectivity index (χ4n) is 3.71. The average Bonchev–Trinajstić information content (AvgIpc) is 3.18. The molecule has 0 unspecified atom stereocenters. The molecular weight excluding hydrogens is 438 g/mol. The van der Waals surface area contributed by atoms with Crippen LogP contribution in [0.1, 0.15) is 28.9 Å². The maximum atomic E-state index is 13.1. The summed E-state index contributed by atoms with van der Waals surface area (Å²) >= 11 is 0. The number of nitrogens with one attached hydrogen (secondary N) is 3. The number of nitrogens with two attached hydrogens (primary N) is 2. The highest BCUT2D eigenvalue weighted by atomic mass is 16.6. The molecule has 0 bridgehead atoms. The Bertz CT molecular complexity index is 1200. The Morgan fingerprint density at radius 2 is 1.82 bits per heavy atom. The third-order valence-corrected chi connectivity index (χ3v) is 5.45. The van der Waals surface area contributed by atoms with Crippen molar-refractivity contribution in [3.8, 4) is 0 Å². The SMILES string of the molecule is N=C(N)NCCC[C@H](NC(=O)c1cc2ccccc2n1CCc1ccc([N+](=O)[O-])cc1)C(N)=O. The monoisotopic (exact) mass is 465 g/mol. The van der Waals surface area contributed by atoms with Gasteiger partial charge in [0.25, 0.3) is 11.6 Å². The molecule has 11 heteroatoms. The molecule has 1 atom stereocenters. The number of hydrogen-bond acceptors (Lipinski definition) is 5. The molecule has 0 saturated carbocycles. The zero-order valence-electron chi connectivity index (χ0n) is 18.5. The van der Waals surface area contributed by atoms with Crippen LogP contribution in [0.2, 0.25) is 0 Å². The van der Waals surface area contributed by atoms with E-state index in [1.54, 1.807) is 18.2 Å². The first-order chi connectivity index (χ1) is 16.3. The van der Waals surface area contributed by atoms with E-state index >= 15 is 0 Å². The molecule has 0 radical (unpaired) electrons. The van der Waals surface area contributed by atoms with Crippen LogP contribution in [0.4, 0.5) is 5.69 Å². The van der Waals surface area contributed by atoms with E-state index in [-0.39, 0.29) is 11.6 Å². The molecule has 7 N–H and O–H groups in total. The lowest BCUT2D eigenvalue weighted by Crippen LogP contribution is -2.45. The number of hydrogen-bond donors (Lipinski definition) is 5. The topological polar surface area (TPSA) is 182 Å². The van der Waals surface area contributed by atoms with Crippen LogP contribution in [0.15, 0.2) is 54.6 Å². The number of para-hydroxylation sites is 1. The van der Waals surface area contributed by atoms with Gasteiger partial charge >= 0.3 is 0 Å². The maximum absolute atomic E-state index is 13.1. The van der Waals surface area contributed by atoms with Crippen molar-refractivity contribution in [2.45, 2.75) is 31.8 Å². The minimum atomic E-state index is -0.873. The van der Waals surface area contributed by atoms with E-state index in [1.165, 1.54) is 12.1 Å². The lowest BCUT2D eigenvalue weighted by Gasteiger charge is -2.17. The Morgan fingerprint density at radius 3 is 2.47 bits per heavy atom. The number of rotatable bonds is 11. The molecule has 34 heavy (non-hydrogen) atoms. The predicted octanol–water partition coefficient (Wildman–Crippen LogP) is 1.64. The predicted molar refractivity (Wildman–Crippen MR) is 128 cm³/mol. The summed E-state index contributed by atoms with van der Waals surface area (Å²) in [5.41, 5.74) is 12.9. The number of fused-ring (bicyclic) bond motifs is 1. The van der Waals surface area contributed by atoms with Crippen LogP contribution in [-0.2, 0) is 17.8 Å². The summed E-state index contributed by atoms with van der Waals surface area (Å²) < 4.78 is 1.86. The second kappa shape index (κ2) is 10.9. The van der Waals surface area contributed by atoms with Crippen molar-refractivity contribution in [3.05, 3.63) is 76.0 Å². The van der Waals surface area contributed by atoms with Crippen LogP contribution in [0.3, 0.4) is 0 Å². The summed E-state index contributed by atoms with van der Waals surface area (Å²) in [6.45, 7) is 0.836. The molecular formula is C23H27N7O4. The van der Waals surface area contributed by atoms with Crippen LogP contribution < -0.4 is 22.1 Å². The first-order valence-electron chi connectivity index (χ1n) is 10.8. The summed E-state index contributed by atoms with van der Waals surface area (Å²) in [6, 6.07) is 14.7. The first kappa shape index (κ1) is 24.2. The standard InChI is InChI=1S/C23H27N7O4/c24-21(31)18(5-3-12-27-23(25)26)28-22(32)20-14-16-4-1-2-6-19(16)29(20)13-11-15-7-9-17(10-8-15)30(33)34/h1-2,4,6-10,14,18H,3,5,11-13H2,(H2,24,31)(H,28,32)(H4,25,26,27)/t18-/m0/s1. The zero-order chi connectivity index (χ0) is 24.7. The van der Waals surface area contributed by atoms with Crippen LogP contribution in [0, 0.1) is 15.5 Å². The molecule has 178 valence electrons. The molecule has 0 aliphatic heterocycles. The van der Waals surface area contributed by atoms with E-state index in [1.807, 2.05) is 28.8 Å². The van der Waals surface area contributed by atoms with Gasteiger partial charge in [-0.3, -0.25) is 25.1 Å². The van der Waals surface area contributed by atoms with Gasteiger partial charge in [-0.05, 0) is 37.0 Å². The van der Waals surface area contributed by atoms with Gasteiger partial charge in [-0.25, -0.2) is 0 Å². The van der Waals surface area contributed by atoms with Gasteiger partial charge in [0, 0.05) is 36.1 Å². The number of nitrogens with zero attached hydrogens (tertiary/aromatic N) is 2. The van der Waals surface area contributed by atoms with Gasteiger partial charge in [0.15, 0.2) is 5.96 Å². The lowest BCUT2D eigenvalue weighted by molar-refractivity contribution is -0.384. The smallest absolute Gasteiger partial charge is 0.269 e. The molecule has 3 rings (SSSR count). The highest BCUT2D eigenvalue weighted by Gasteiger charge is 2.22. The largest absolute Gasteiger partial charge is 0.370 e. The van der Waals surface area contributed by atoms with Gasteiger partial charge < -0.3 is 26.7 Å². The minimum Gasteiger partial charge on any atom is -0.370 e. The average molecular weight is 466 g/mol. The number of benzene rings is 2. The van der Waals surface area contributed by atoms with E-state index in [4.69, 9.17) is 16.9 Å². The Kier molecular flexibility index (Phi) is 7.80. The molecule has 1 heterocycles. The summed E-state index contributed by atoms with van der Waals surface area (Å²) in [5, 5.41) is 24.3. The van der Waals surface area contributed by atoms with E-state index in [0.717, 1.165) is 16.5 Å². The van der Waals surface area contributed by atoms with Gasteiger partial charge in [-0.2, -0.15) is 0 Å². The van der Waals surface area contributed by atoms with Gasteiger partial charge in [-0.1, -0.05) is 30.3 Å². The summed E-state index contributed by atoms with van der Waals surface area (Å²) in [6.07, 6.45) is 1.33. The molecule has 0 saturated heterocycles. The maximum Gasteiger partial charge on any atom is 0.269 e. The molecule has 0 fully saturated rings. The fraction of sp³-hybridized carbons (Fsp3) is 0.261. The van der Waals surface area contributed by atoms with Gasteiger partial charge in [-0.15, -0.1) is 0 Å². The van der Waals surface area contributed by atoms with Crippen molar-refractivity contribution in [1.29, 1.82) is 5.41 Å². The number of nitro groups is 1. The summed E-state index contributed by atoms with van der Waals surface area (Å²) in [4.78, 5) is 35.5. The molecule has 11 nitrogen and oxygen atoms in total. The van der Waals surface area contributed by atoms with Crippen LogP contribution in [0.5, 0.6) is 0 Å². The van der Waals surface area contributed by atoms with E-state index in [0.29, 0.717) is 38.0 Å². The molecule has 3 aromatic rings. The van der Waals surface area contributed by atoms with Gasteiger partial charge in [0.1, 0.15) is 11.7 Å². The second-order valence-electron chi connectivity index (χ2n) is 7.82. The lowest BCUT2D eigenvalue weighted by atomic mass is 10.1. The first-order valence-corrected chi connectivity index (χ1v) is 10.8. The Balaban J connectivity index is 1.77. The van der Waals surface area contributed by atoms with Crippen molar-refractivity contribution in [3.63, 3.8) is 0 Å². The molecule has 0 aliphatic rings. The Hall–Kier alpha value is -4.41. The Morgan fingerprint density at radius 1 is 1.12 bits per heavy atom. The molecule has 0 spiro atoms. The van der Waals surface area contributed by atoms with Crippen molar-refractivity contribution >= 4 is 34.4 Å². The number of aromatic nitrogens is 1. The highest BCUT2D eigenvalue weighted by molar-refractivity contribution is 6.00. The summed E-state index contributed by atoms with van der Waals surface area (Å²) in [5.74, 6) is -1.25. The Labute approximate surface area is 195 Å². The van der Waals surface area contributed by atoms with Crippen LogP contribution >= 0.6 is 0 Å². The van der Waals surface area contributed by atoms with Gasteiger partial charge in [0.05, 0.1) is 4.92 Å². The highest BCUT2D eigenvalue weighted by Crippen LogP contribution is 2.21. The van der Waals surface area contributed by atoms with Crippen molar-refractivity contribution in [2.75, 3.05) is 6.54 Å². The van der Waals surface area contributed by atoms with E-state index < -0.39 is 22.8 Å². The number of primary amides is 1. The number of nitro benzene ring substituents is 1. The number of aryl methyl sites for hydroxylation is 2.